The summed E-state index contributed by atoms with van der Waals surface area (Å²) >= 11 is 0. The molecule has 0 amide bonds. The van der Waals surface area contributed by atoms with Gasteiger partial charge >= 0.3 is 0 Å². The fourth-order valence-corrected chi connectivity index (χ4v) is 7.71. The van der Waals surface area contributed by atoms with E-state index >= 15 is 0 Å². The zero-order valence-electron chi connectivity index (χ0n) is 22.7. The van der Waals surface area contributed by atoms with Crippen LogP contribution in [-0.2, 0) is 14.2 Å². The van der Waals surface area contributed by atoms with Crippen LogP contribution in [0, 0.1) is 21.7 Å². The lowest BCUT2D eigenvalue weighted by Gasteiger charge is -2.43. The summed E-state index contributed by atoms with van der Waals surface area (Å²) in [5.74, 6) is 0. The van der Waals surface area contributed by atoms with Gasteiger partial charge in [0.15, 0.2) is 0 Å². The Bertz CT molecular complexity index is 648. The van der Waals surface area contributed by atoms with Crippen molar-refractivity contribution in [1.29, 1.82) is 0 Å². The maximum atomic E-state index is 6.83. The van der Waals surface area contributed by atoms with Gasteiger partial charge in [0.25, 0.3) is 0 Å². The molecule has 1 aliphatic carbocycles. The molecular weight excluding hydrogens is 384 g/mol. The third kappa shape index (κ3) is 7.18. The number of epoxide rings is 1. The van der Waals surface area contributed by atoms with Gasteiger partial charge in [-0.2, -0.15) is 0 Å². The van der Waals surface area contributed by atoms with Gasteiger partial charge < -0.3 is 14.2 Å². The first-order valence-corrected chi connectivity index (χ1v) is 12.7. The summed E-state index contributed by atoms with van der Waals surface area (Å²) in [7, 11) is 0. The van der Waals surface area contributed by atoms with Crippen LogP contribution in [0.2, 0.25) is 0 Å². The predicted octanol–water partition coefficient (Wildman–Crippen LogP) is 7.56. The lowest BCUT2D eigenvalue weighted by molar-refractivity contribution is -0.151. The minimum Gasteiger partial charge on any atom is -0.375 e. The molecule has 3 heteroatoms. The Morgan fingerprint density at radius 2 is 1.39 bits per heavy atom. The van der Waals surface area contributed by atoms with Gasteiger partial charge in [0.05, 0.1) is 36.1 Å². The molecule has 2 saturated heterocycles. The normalized spacial score (nSPS) is 33.6. The fourth-order valence-electron chi connectivity index (χ4n) is 7.71. The van der Waals surface area contributed by atoms with Crippen molar-refractivity contribution in [2.45, 2.75) is 144 Å². The van der Waals surface area contributed by atoms with Gasteiger partial charge in [0, 0.05) is 5.41 Å². The fraction of sp³-hybridized carbons (Fsp3) is 1.00. The molecule has 0 aromatic rings. The molecule has 0 N–H and O–H groups in total. The van der Waals surface area contributed by atoms with Crippen LogP contribution in [0.5, 0.6) is 0 Å². The highest BCUT2D eigenvalue weighted by Gasteiger charge is 2.59. The molecule has 3 aliphatic rings. The SMILES string of the molecule is CC(C)(C)CC(C)(C)CC1(C)CC(CC(C)(C)OC(C)(C)CC2(C)CC2)(C2CO2)CO1. The van der Waals surface area contributed by atoms with Crippen LogP contribution >= 0.6 is 0 Å². The van der Waals surface area contributed by atoms with Crippen LogP contribution in [0.3, 0.4) is 0 Å². The monoisotopic (exact) mass is 436 g/mol. The molecule has 31 heavy (non-hydrogen) atoms. The third-order valence-corrected chi connectivity index (χ3v) is 7.60. The summed E-state index contributed by atoms with van der Waals surface area (Å²) in [5, 5.41) is 0. The molecule has 2 aliphatic heterocycles. The molecule has 3 unspecified atom stereocenters. The smallest absolute Gasteiger partial charge is 0.0890 e. The molecule has 3 rings (SSSR count). The quantitative estimate of drug-likeness (QED) is 0.331. The highest BCUT2D eigenvalue weighted by molar-refractivity contribution is 5.07. The van der Waals surface area contributed by atoms with Crippen LogP contribution in [0.15, 0.2) is 0 Å². The molecule has 0 bridgehead atoms. The van der Waals surface area contributed by atoms with Crippen molar-refractivity contribution in [3.05, 3.63) is 0 Å². The van der Waals surface area contributed by atoms with Crippen molar-refractivity contribution in [1.82, 2.24) is 0 Å². The average Bonchev–Trinajstić information content (AvgIpc) is 3.36. The van der Waals surface area contributed by atoms with E-state index in [9.17, 15) is 0 Å². The second kappa shape index (κ2) is 7.70. The molecule has 0 aromatic carbocycles. The van der Waals surface area contributed by atoms with E-state index < -0.39 is 0 Å². The summed E-state index contributed by atoms with van der Waals surface area (Å²) in [4.78, 5) is 0. The van der Waals surface area contributed by atoms with E-state index in [1.807, 2.05) is 0 Å². The molecule has 3 atom stereocenters. The topological polar surface area (TPSA) is 31.0 Å². The standard InChI is InChI=1S/C28H52O3/c1-22(2,3)15-23(4,5)16-27(11)19-28(20-30-27,21-14-29-21)18-25(8,9)31-24(6,7)17-26(10)12-13-26/h21H,12-20H2,1-11H3. The van der Waals surface area contributed by atoms with Gasteiger partial charge in [-0.3, -0.25) is 0 Å². The lowest BCUT2D eigenvalue weighted by Crippen LogP contribution is -2.45. The molecule has 0 spiro atoms. The second-order valence-corrected chi connectivity index (χ2v) is 15.5. The van der Waals surface area contributed by atoms with E-state index in [4.69, 9.17) is 14.2 Å². The summed E-state index contributed by atoms with van der Waals surface area (Å²) in [6.07, 6.45) is 8.53. The second-order valence-electron chi connectivity index (χ2n) is 15.5. The van der Waals surface area contributed by atoms with E-state index in [0.717, 1.165) is 38.9 Å². The van der Waals surface area contributed by atoms with Crippen LogP contribution in [0.4, 0.5) is 0 Å². The molecule has 1 saturated carbocycles. The van der Waals surface area contributed by atoms with Crippen molar-refractivity contribution in [3.8, 4) is 0 Å². The highest BCUT2D eigenvalue weighted by Crippen LogP contribution is 2.56. The van der Waals surface area contributed by atoms with E-state index in [2.05, 4.69) is 76.2 Å². The Morgan fingerprint density at radius 1 is 0.839 bits per heavy atom. The zero-order chi connectivity index (χ0) is 23.6. The zero-order valence-corrected chi connectivity index (χ0v) is 22.7. The third-order valence-electron chi connectivity index (χ3n) is 7.60. The average molecular weight is 437 g/mol. The molecule has 182 valence electrons. The largest absolute Gasteiger partial charge is 0.375 e. The predicted molar refractivity (Wildman–Crippen MR) is 129 cm³/mol. The van der Waals surface area contributed by atoms with E-state index in [1.54, 1.807) is 0 Å². The van der Waals surface area contributed by atoms with Gasteiger partial charge in [-0.05, 0) is 95.8 Å². The Kier molecular flexibility index (Phi) is 6.34. The first kappa shape index (κ1) is 25.5. The van der Waals surface area contributed by atoms with Gasteiger partial charge in [-0.15, -0.1) is 0 Å². The Morgan fingerprint density at radius 3 is 1.87 bits per heavy atom. The van der Waals surface area contributed by atoms with Crippen molar-refractivity contribution in [2.75, 3.05) is 13.2 Å². The Labute approximate surface area is 193 Å². The van der Waals surface area contributed by atoms with Crippen LogP contribution in [0.1, 0.15) is 121 Å². The first-order chi connectivity index (χ1) is 13.8. The van der Waals surface area contributed by atoms with Gasteiger partial charge in [0.1, 0.15) is 0 Å². The maximum Gasteiger partial charge on any atom is 0.0890 e. The molecule has 0 aromatic heterocycles. The van der Waals surface area contributed by atoms with Crippen molar-refractivity contribution >= 4 is 0 Å². The molecular formula is C28H52O3. The Balaban J connectivity index is 1.68. The maximum absolute atomic E-state index is 6.83. The van der Waals surface area contributed by atoms with Crippen molar-refractivity contribution < 1.29 is 14.2 Å². The van der Waals surface area contributed by atoms with Gasteiger partial charge in [0.2, 0.25) is 0 Å². The minimum absolute atomic E-state index is 0.0651. The minimum atomic E-state index is -0.198. The van der Waals surface area contributed by atoms with Crippen LogP contribution in [-0.4, -0.2) is 36.1 Å². The number of hydrogen-bond acceptors (Lipinski definition) is 3. The van der Waals surface area contributed by atoms with Gasteiger partial charge in [-0.25, -0.2) is 0 Å². The van der Waals surface area contributed by atoms with E-state index in [-0.39, 0.29) is 27.6 Å². The number of rotatable bonds is 10. The number of hydrogen-bond donors (Lipinski definition) is 0. The molecule has 3 nitrogen and oxygen atoms in total. The first-order valence-electron chi connectivity index (χ1n) is 12.7. The van der Waals surface area contributed by atoms with Gasteiger partial charge in [-0.1, -0.05) is 41.5 Å². The van der Waals surface area contributed by atoms with Crippen molar-refractivity contribution in [2.24, 2.45) is 21.7 Å². The summed E-state index contributed by atoms with van der Waals surface area (Å²) in [6, 6.07) is 0. The van der Waals surface area contributed by atoms with Crippen LogP contribution in [0.25, 0.3) is 0 Å². The Hall–Kier alpha value is -0.120. The molecule has 2 heterocycles. The van der Waals surface area contributed by atoms with Crippen molar-refractivity contribution in [3.63, 3.8) is 0 Å². The van der Waals surface area contributed by atoms with Crippen LogP contribution < -0.4 is 0 Å². The van der Waals surface area contributed by atoms with E-state index in [0.29, 0.717) is 16.9 Å². The summed E-state index contributed by atoms with van der Waals surface area (Å²) < 4.78 is 19.4. The molecule has 3 fully saturated rings. The van der Waals surface area contributed by atoms with E-state index in [1.165, 1.54) is 19.3 Å². The number of ether oxygens (including phenoxy) is 3. The summed E-state index contributed by atoms with van der Waals surface area (Å²) in [6.45, 7) is 27.4. The lowest BCUT2D eigenvalue weighted by atomic mass is 9.66. The molecule has 0 radical (unpaired) electrons. The summed E-state index contributed by atoms with van der Waals surface area (Å²) in [5.41, 5.74) is 0.748. The highest BCUT2D eigenvalue weighted by atomic mass is 16.6.